The molecule has 1 aromatic carbocycles. The number of alkyl halides is 3. The van der Waals surface area contributed by atoms with Gasteiger partial charge in [0.2, 0.25) is 0 Å². The van der Waals surface area contributed by atoms with E-state index in [0.717, 1.165) is 12.1 Å². The van der Waals surface area contributed by atoms with Crippen LogP contribution in [-0.2, 0) is 15.7 Å². The van der Waals surface area contributed by atoms with Crippen LogP contribution in [0.4, 0.5) is 13.2 Å². The Morgan fingerprint density at radius 2 is 1.85 bits per heavy atom. The standard InChI is InChI=1S/C13H16F3NO2.ClH/c1-12(2,11(18)19-3)10(17)8-5-4-6-9(7-8)13(14,15)16;/h4-7,10H,17H2,1-3H3;1H/t10-;/m1./s1. The van der Waals surface area contributed by atoms with Crippen molar-refractivity contribution < 1.29 is 22.7 Å². The molecular formula is C13H17ClF3NO2. The van der Waals surface area contributed by atoms with Crippen molar-refractivity contribution in [3.05, 3.63) is 35.4 Å². The van der Waals surface area contributed by atoms with Crippen LogP contribution in [0.25, 0.3) is 0 Å². The number of hydrogen-bond donors (Lipinski definition) is 1. The van der Waals surface area contributed by atoms with Crippen LogP contribution in [0.5, 0.6) is 0 Å². The maximum atomic E-state index is 12.6. The molecule has 7 heteroatoms. The fraction of sp³-hybridized carbons (Fsp3) is 0.462. The number of ether oxygens (including phenoxy) is 1. The first-order valence-electron chi connectivity index (χ1n) is 5.62. The van der Waals surface area contributed by atoms with Crippen LogP contribution in [-0.4, -0.2) is 13.1 Å². The number of nitrogens with two attached hydrogens (primary N) is 1. The van der Waals surface area contributed by atoms with Crippen molar-refractivity contribution in [3.63, 3.8) is 0 Å². The van der Waals surface area contributed by atoms with Gasteiger partial charge in [0, 0.05) is 6.04 Å². The third kappa shape index (κ3) is 3.86. The summed E-state index contributed by atoms with van der Waals surface area (Å²) in [6, 6.07) is 3.76. The number of rotatable bonds is 3. The van der Waals surface area contributed by atoms with E-state index < -0.39 is 29.2 Å². The molecule has 0 saturated heterocycles. The summed E-state index contributed by atoms with van der Waals surface area (Å²) >= 11 is 0. The summed E-state index contributed by atoms with van der Waals surface area (Å²) < 4.78 is 42.5. The molecule has 0 aliphatic heterocycles. The highest BCUT2D eigenvalue weighted by atomic mass is 35.5. The number of halogens is 4. The van der Waals surface area contributed by atoms with E-state index in [1.807, 2.05) is 0 Å². The largest absolute Gasteiger partial charge is 0.469 e. The molecular weight excluding hydrogens is 295 g/mol. The van der Waals surface area contributed by atoms with E-state index in [4.69, 9.17) is 5.73 Å². The van der Waals surface area contributed by atoms with Gasteiger partial charge in [-0.3, -0.25) is 4.79 Å². The number of carbonyl (C=O) groups is 1. The second kappa shape index (κ2) is 6.45. The molecule has 1 atom stereocenters. The molecule has 0 aromatic heterocycles. The van der Waals surface area contributed by atoms with Gasteiger partial charge in [-0.05, 0) is 31.5 Å². The minimum atomic E-state index is -4.44. The second-order valence-electron chi connectivity index (χ2n) is 4.81. The number of carbonyl (C=O) groups excluding carboxylic acids is 1. The van der Waals surface area contributed by atoms with Gasteiger partial charge in [0.1, 0.15) is 0 Å². The van der Waals surface area contributed by atoms with E-state index in [1.165, 1.54) is 33.1 Å². The van der Waals surface area contributed by atoms with Crippen LogP contribution in [0.1, 0.15) is 31.0 Å². The number of hydrogen-bond acceptors (Lipinski definition) is 3. The highest BCUT2D eigenvalue weighted by Crippen LogP contribution is 2.35. The Labute approximate surface area is 121 Å². The lowest BCUT2D eigenvalue weighted by Crippen LogP contribution is -2.37. The highest BCUT2D eigenvalue weighted by Gasteiger charge is 2.38. The molecule has 0 saturated carbocycles. The van der Waals surface area contributed by atoms with Crippen molar-refractivity contribution in [2.24, 2.45) is 11.1 Å². The average molecular weight is 312 g/mol. The Balaban J connectivity index is 0.00000361. The van der Waals surface area contributed by atoms with Gasteiger partial charge >= 0.3 is 12.1 Å². The van der Waals surface area contributed by atoms with Crippen molar-refractivity contribution in [1.82, 2.24) is 0 Å². The molecule has 114 valence electrons. The van der Waals surface area contributed by atoms with Crippen LogP contribution >= 0.6 is 12.4 Å². The van der Waals surface area contributed by atoms with Gasteiger partial charge in [0.25, 0.3) is 0 Å². The Bertz CT molecular complexity index is 475. The van der Waals surface area contributed by atoms with E-state index in [2.05, 4.69) is 4.74 Å². The molecule has 1 rings (SSSR count). The lowest BCUT2D eigenvalue weighted by atomic mass is 9.80. The summed E-state index contributed by atoms with van der Waals surface area (Å²) in [6.45, 7) is 3.06. The Hall–Kier alpha value is -1.27. The zero-order chi connectivity index (χ0) is 14.8. The molecule has 1 aromatic rings. The summed E-state index contributed by atoms with van der Waals surface area (Å²) in [5.74, 6) is -0.572. The molecule has 0 bridgehead atoms. The van der Waals surface area contributed by atoms with Crippen molar-refractivity contribution in [1.29, 1.82) is 0 Å². The minimum absolute atomic E-state index is 0. The van der Waals surface area contributed by atoms with E-state index >= 15 is 0 Å². The summed E-state index contributed by atoms with van der Waals surface area (Å²) in [6.07, 6.45) is -4.44. The Morgan fingerprint density at radius 1 is 1.30 bits per heavy atom. The van der Waals surface area contributed by atoms with Gasteiger partial charge in [-0.25, -0.2) is 0 Å². The van der Waals surface area contributed by atoms with E-state index in [9.17, 15) is 18.0 Å². The van der Waals surface area contributed by atoms with E-state index in [0.29, 0.717) is 0 Å². The number of benzene rings is 1. The molecule has 0 unspecified atom stereocenters. The molecule has 0 aliphatic rings. The number of methoxy groups -OCH3 is 1. The number of esters is 1. The second-order valence-corrected chi connectivity index (χ2v) is 4.81. The molecule has 2 N–H and O–H groups in total. The summed E-state index contributed by atoms with van der Waals surface area (Å²) in [5.41, 5.74) is 4.23. The smallest absolute Gasteiger partial charge is 0.416 e. The quantitative estimate of drug-likeness (QED) is 0.871. The monoisotopic (exact) mass is 311 g/mol. The van der Waals surface area contributed by atoms with Crippen molar-refractivity contribution in [2.45, 2.75) is 26.1 Å². The van der Waals surface area contributed by atoms with Crippen molar-refractivity contribution in [2.75, 3.05) is 7.11 Å². The molecule has 0 heterocycles. The lowest BCUT2D eigenvalue weighted by Gasteiger charge is -2.29. The molecule has 0 spiro atoms. The molecule has 0 aliphatic carbocycles. The summed E-state index contributed by atoms with van der Waals surface area (Å²) in [5, 5.41) is 0. The lowest BCUT2D eigenvalue weighted by molar-refractivity contribution is -0.152. The SMILES string of the molecule is COC(=O)C(C)(C)[C@H](N)c1cccc(C(F)(F)F)c1.Cl. The third-order valence-electron chi connectivity index (χ3n) is 3.06. The maximum Gasteiger partial charge on any atom is 0.416 e. The van der Waals surface area contributed by atoms with E-state index in [-0.39, 0.29) is 18.0 Å². The van der Waals surface area contributed by atoms with Crippen LogP contribution in [0, 0.1) is 5.41 Å². The van der Waals surface area contributed by atoms with Gasteiger partial charge in [-0.15, -0.1) is 12.4 Å². The van der Waals surface area contributed by atoms with Gasteiger partial charge in [0.05, 0.1) is 18.1 Å². The summed E-state index contributed by atoms with van der Waals surface area (Å²) in [7, 11) is 1.21. The fourth-order valence-electron chi connectivity index (χ4n) is 1.72. The Morgan fingerprint density at radius 3 is 2.30 bits per heavy atom. The first-order valence-corrected chi connectivity index (χ1v) is 5.62. The molecule has 0 fully saturated rings. The molecule has 0 amide bonds. The summed E-state index contributed by atoms with van der Waals surface area (Å²) in [4.78, 5) is 11.6. The van der Waals surface area contributed by atoms with Crippen LogP contribution in [0.3, 0.4) is 0 Å². The van der Waals surface area contributed by atoms with Gasteiger partial charge in [-0.2, -0.15) is 13.2 Å². The van der Waals surface area contributed by atoms with Crippen molar-refractivity contribution >= 4 is 18.4 Å². The van der Waals surface area contributed by atoms with Crippen LogP contribution < -0.4 is 5.73 Å². The zero-order valence-corrected chi connectivity index (χ0v) is 12.1. The van der Waals surface area contributed by atoms with Crippen LogP contribution in [0.2, 0.25) is 0 Å². The van der Waals surface area contributed by atoms with Gasteiger partial charge in [0.15, 0.2) is 0 Å². The maximum absolute atomic E-state index is 12.6. The third-order valence-corrected chi connectivity index (χ3v) is 3.06. The predicted octanol–water partition coefficient (Wildman–Crippen LogP) is 3.33. The minimum Gasteiger partial charge on any atom is -0.469 e. The first-order chi connectivity index (χ1) is 8.60. The topological polar surface area (TPSA) is 52.3 Å². The zero-order valence-electron chi connectivity index (χ0n) is 11.3. The van der Waals surface area contributed by atoms with E-state index in [1.54, 1.807) is 0 Å². The van der Waals surface area contributed by atoms with Gasteiger partial charge < -0.3 is 10.5 Å². The van der Waals surface area contributed by atoms with Crippen molar-refractivity contribution in [3.8, 4) is 0 Å². The predicted molar refractivity (Wildman–Crippen MR) is 71.4 cm³/mol. The normalized spacial score (nSPS) is 13.3. The highest BCUT2D eigenvalue weighted by molar-refractivity contribution is 5.85. The first kappa shape index (κ1) is 18.7. The molecule has 0 radical (unpaired) electrons. The molecule has 3 nitrogen and oxygen atoms in total. The Kier molecular flexibility index (Phi) is 6.04. The average Bonchev–Trinajstić information content (AvgIpc) is 2.35. The molecule has 20 heavy (non-hydrogen) atoms. The van der Waals surface area contributed by atoms with Crippen LogP contribution in [0.15, 0.2) is 24.3 Å². The fourth-order valence-corrected chi connectivity index (χ4v) is 1.72. The van der Waals surface area contributed by atoms with Gasteiger partial charge in [-0.1, -0.05) is 12.1 Å².